The van der Waals surface area contributed by atoms with Crippen molar-refractivity contribution in [3.05, 3.63) is 29.8 Å². The Bertz CT molecular complexity index is 578. The monoisotopic (exact) mass is 283 g/mol. The molecule has 0 bridgehead atoms. The minimum absolute atomic E-state index is 0.154. The lowest BCUT2D eigenvalue weighted by atomic mass is 10.2. The molecule has 0 spiro atoms. The van der Waals surface area contributed by atoms with Crippen LogP contribution in [0.1, 0.15) is 12.0 Å². The summed E-state index contributed by atoms with van der Waals surface area (Å²) in [6.45, 7) is 0.879. The van der Waals surface area contributed by atoms with Crippen molar-refractivity contribution >= 4 is 15.9 Å². The van der Waals surface area contributed by atoms with Gasteiger partial charge in [-0.05, 0) is 25.1 Å². The van der Waals surface area contributed by atoms with E-state index >= 15 is 0 Å². The summed E-state index contributed by atoms with van der Waals surface area (Å²) in [5, 5.41) is 0. The zero-order valence-corrected chi connectivity index (χ0v) is 11.5. The van der Waals surface area contributed by atoms with Gasteiger partial charge in [0.25, 0.3) is 10.0 Å². The van der Waals surface area contributed by atoms with Crippen LogP contribution in [0.3, 0.4) is 0 Å². The summed E-state index contributed by atoms with van der Waals surface area (Å²) >= 11 is 0. The van der Waals surface area contributed by atoms with E-state index in [2.05, 4.69) is 9.71 Å². The first-order valence-corrected chi connectivity index (χ1v) is 7.46. The van der Waals surface area contributed by atoms with Gasteiger partial charge in [0.15, 0.2) is 0 Å². The standard InChI is InChI=1S/C12H17N3O3S/c1-18-8-9(6-7-13)14-12-10-4-2-3-5-11(10)19(16,17)15-12/h2-5,9H,6-8,13H2,1H3,(H,14,15). The van der Waals surface area contributed by atoms with Gasteiger partial charge < -0.3 is 10.5 Å². The SMILES string of the molecule is COCC(CCN)N=C1NS(=O)(=O)c2ccccc21. The minimum Gasteiger partial charge on any atom is -0.382 e. The van der Waals surface area contributed by atoms with Crippen LogP contribution in [-0.4, -0.2) is 40.6 Å². The van der Waals surface area contributed by atoms with E-state index in [1.807, 2.05) is 0 Å². The smallest absolute Gasteiger partial charge is 0.263 e. The summed E-state index contributed by atoms with van der Waals surface area (Å²) in [5.74, 6) is 0.367. The highest BCUT2D eigenvalue weighted by molar-refractivity contribution is 7.90. The molecule has 0 saturated carbocycles. The average Bonchev–Trinajstić information content (AvgIpc) is 2.63. The molecular weight excluding hydrogens is 266 g/mol. The molecule has 0 aliphatic carbocycles. The zero-order chi connectivity index (χ0) is 13.9. The molecule has 3 N–H and O–H groups in total. The van der Waals surface area contributed by atoms with Crippen LogP contribution < -0.4 is 10.5 Å². The Morgan fingerprint density at radius 1 is 1.42 bits per heavy atom. The topological polar surface area (TPSA) is 93.8 Å². The third-order valence-corrected chi connectivity index (χ3v) is 4.23. The molecule has 1 atom stereocenters. The predicted molar refractivity (Wildman–Crippen MR) is 72.6 cm³/mol. The highest BCUT2D eigenvalue weighted by Crippen LogP contribution is 2.22. The van der Waals surface area contributed by atoms with Crippen LogP contribution in [0.2, 0.25) is 0 Å². The second-order valence-corrected chi connectivity index (χ2v) is 5.92. The molecule has 1 aliphatic rings. The first-order valence-electron chi connectivity index (χ1n) is 5.97. The third kappa shape index (κ3) is 2.94. The van der Waals surface area contributed by atoms with Crippen LogP contribution >= 0.6 is 0 Å². The van der Waals surface area contributed by atoms with E-state index in [4.69, 9.17) is 10.5 Å². The number of rotatable bonds is 5. The molecule has 104 valence electrons. The highest BCUT2D eigenvalue weighted by Gasteiger charge is 2.30. The molecule has 0 saturated heterocycles. The van der Waals surface area contributed by atoms with Gasteiger partial charge in [0.2, 0.25) is 0 Å². The summed E-state index contributed by atoms with van der Waals surface area (Å²) < 4.78 is 31.4. The van der Waals surface area contributed by atoms with Gasteiger partial charge in [-0.3, -0.25) is 9.71 Å². The van der Waals surface area contributed by atoms with Gasteiger partial charge in [0, 0.05) is 12.7 Å². The normalized spacial score (nSPS) is 20.0. The number of hydrogen-bond acceptors (Lipinski definition) is 5. The van der Waals surface area contributed by atoms with Gasteiger partial charge in [0.05, 0.1) is 17.5 Å². The summed E-state index contributed by atoms with van der Waals surface area (Å²) in [6, 6.07) is 6.62. The van der Waals surface area contributed by atoms with Gasteiger partial charge in [-0.25, -0.2) is 8.42 Å². The minimum atomic E-state index is -3.48. The fraction of sp³-hybridized carbons (Fsp3) is 0.417. The summed E-state index contributed by atoms with van der Waals surface area (Å²) in [5.41, 5.74) is 6.12. The molecule has 2 rings (SSSR count). The Balaban J connectivity index is 2.37. The molecule has 6 nitrogen and oxygen atoms in total. The van der Waals surface area contributed by atoms with Gasteiger partial charge in [-0.15, -0.1) is 0 Å². The number of aliphatic imine (C=N–C) groups is 1. The summed E-state index contributed by atoms with van der Waals surface area (Å²) in [7, 11) is -1.90. The molecule has 0 fully saturated rings. The predicted octanol–water partition coefficient (Wildman–Crippen LogP) is 0.0889. The van der Waals surface area contributed by atoms with E-state index in [1.54, 1.807) is 31.4 Å². The van der Waals surface area contributed by atoms with E-state index in [9.17, 15) is 8.42 Å². The summed E-state index contributed by atoms with van der Waals surface area (Å²) in [6.07, 6.45) is 0.640. The first-order chi connectivity index (χ1) is 9.08. The number of sulfonamides is 1. The largest absolute Gasteiger partial charge is 0.382 e. The maximum atomic E-state index is 11.9. The van der Waals surface area contributed by atoms with Crippen molar-refractivity contribution in [1.82, 2.24) is 4.72 Å². The lowest BCUT2D eigenvalue weighted by molar-refractivity contribution is 0.178. The van der Waals surface area contributed by atoms with Crippen LogP contribution in [0, 0.1) is 0 Å². The molecule has 0 amide bonds. The fourth-order valence-corrected chi connectivity index (χ4v) is 3.22. The highest BCUT2D eigenvalue weighted by atomic mass is 32.2. The number of methoxy groups -OCH3 is 1. The number of fused-ring (bicyclic) bond motifs is 1. The maximum absolute atomic E-state index is 11.9. The first kappa shape index (κ1) is 14.0. The second-order valence-electron chi connectivity index (χ2n) is 4.27. The Morgan fingerprint density at radius 2 is 2.16 bits per heavy atom. The molecule has 7 heteroatoms. The van der Waals surface area contributed by atoms with Crippen LogP contribution in [0.25, 0.3) is 0 Å². The fourth-order valence-electron chi connectivity index (χ4n) is 1.98. The number of ether oxygens (including phenoxy) is 1. The Morgan fingerprint density at radius 3 is 2.84 bits per heavy atom. The average molecular weight is 283 g/mol. The quantitative estimate of drug-likeness (QED) is 0.800. The molecule has 19 heavy (non-hydrogen) atoms. The van der Waals surface area contributed by atoms with E-state index in [-0.39, 0.29) is 10.9 Å². The summed E-state index contributed by atoms with van der Waals surface area (Å²) in [4.78, 5) is 4.68. The van der Waals surface area contributed by atoms with E-state index in [0.29, 0.717) is 31.0 Å². The molecule has 1 aliphatic heterocycles. The van der Waals surface area contributed by atoms with Crippen molar-refractivity contribution in [3.8, 4) is 0 Å². The number of nitrogens with zero attached hydrogens (tertiary/aromatic N) is 1. The van der Waals surface area contributed by atoms with E-state index in [0.717, 1.165) is 0 Å². The Labute approximate surface area is 112 Å². The van der Waals surface area contributed by atoms with Gasteiger partial charge in [-0.2, -0.15) is 0 Å². The second kappa shape index (κ2) is 5.68. The molecule has 1 aromatic carbocycles. The van der Waals surface area contributed by atoms with Crippen molar-refractivity contribution in [2.75, 3.05) is 20.3 Å². The van der Waals surface area contributed by atoms with Crippen LogP contribution in [-0.2, 0) is 14.8 Å². The lowest BCUT2D eigenvalue weighted by Gasteiger charge is -2.11. The van der Waals surface area contributed by atoms with Crippen molar-refractivity contribution in [1.29, 1.82) is 0 Å². The van der Waals surface area contributed by atoms with Crippen molar-refractivity contribution in [2.45, 2.75) is 17.4 Å². The van der Waals surface area contributed by atoms with Crippen LogP contribution in [0.4, 0.5) is 0 Å². The van der Waals surface area contributed by atoms with E-state index < -0.39 is 10.0 Å². The van der Waals surface area contributed by atoms with E-state index in [1.165, 1.54) is 0 Å². The third-order valence-electron chi connectivity index (χ3n) is 2.83. The van der Waals surface area contributed by atoms with Crippen molar-refractivity contribution < 1.29 is 13.2 Å². The molecule has 0 aromatic heterocycles. The van der Waals surface area contributed by atoms with Crippen LogP contribution in [0.15, 0.2) is 34.2 Å². The number of amidine groups is 1. The van der Waals surface area contributed by atoms with Crippen LogP contribution in [0.5, 0.6) is 0 Å². The number of hydrogen-bond donors (Lipinski definition) is 2. The van der Waals surface area contributed by atoms with Gasteiger partial charge >= 0.3 is 0 Å². The zero-order valence-electron chi connectivity index (χ0n) is 10.7. The number of benzene rings is 1. The maximum Gasteiger partial charge on any atom is 0.263 e. The van der Waals surface area contributed by atoms with Crippen molar-refractivity contribution in [3.63, 3.8) is 0 Å². The number of nitrogens with two attached hydrogens (primary N) is 1. The lowest BCUT2D eigenvalue weighted by Crippen LogP contribution is -2.26. The molecule has 1 aromatic rings. The Hall–Kier alpha value is -1.44. The van der Waals surface area contributed by atoms with Crippen molar-refractivity contribution in [2.24, 2.45) is 10.7 Å². The van der Waals surface area contributed by atoms with Gasteiger partial charge in [0.1, 0.15) is 5.84 Å². The molecule has 0 radical (unpaired) electrons. The molecule has 1 heterocycles. The molecule has 1 unspecified atom stereocenters. The molecular formula is C12H17N3O3S. The Kier molecular flexibility index (Phi) is 4.18. The number of nitrogens with one attached hydrogen (secondary N) is 1. The van der Waals surface area contributed by atoms with Gasteiger partial charge in [-0.1, -0.05) is 12.1 Å².